The molecular weight excluding hydrogens is 274 g/mol. The average Bonchev–Trinajstić information content (AvgIpc) is 2.42. The first-order chi connectivity index (χ1) is 10.4. The highest BCUT2D eigenvalue weighted by atomic mass is 16.5. The maximum atomic E-state index is 8.51. The van der Waals surface area contributed by atoms with E-state index in [1.165, 1.54) is 5.56 Å². The van der Waals surface area contributed by atoms with Gasteiger partial charge in [-0.2, -0.15) is 5.26 Å². The SMILES string of the molecule is CN(C)CC(C)(C)CNCc1cccc(OCCCC#N)c1. The number of rotatable bonds is 10. The number of ether oxygens (including phenoxy) is 1. The van der Waals surface area contributed by atoms with Crippen molar-refractivity contribution in [3.05, 3.63) is 29.8 Å². The van der Waals surface area contributed by atoms with Gasteiger partial charge >= 0.3 is 0 Å². The first-order valence-corrected chi connectivity index (χ1v) is 7.87. The van der Waals surface area contributed by atoms with Gasteiger partial charge in [0.2, 0.25) is 0 Å². The third-order valence-electron chi connectivity index (χ3n) is 3.28. The van der Waals surface area contributed by atoms with Gasteiger partial charge in [0.25, 0.3) is 0 Å². The van der Waals surface area contributed by atoms with E-state index in [4.69, 9.17) is 10.00 Å². The lowest BCUT2D eigenvalue weighted by molar-refractivity contribution is 0.232. The number of nitriles is 1. The molecule has 0 saturated carbocycles. The van der Waals surface area contributed by atoms with Crippen molar-refractivity contribution in [3.8, 4) is 11.8 Å². The van der Waals surface area contributed by atoms with Gasteiger partial charge in [0.05, 0.1) is 12.7 Å². The Hall–Kier alpha value is -1.57. The van der Waals surface area contributed by atoms with Crippen LogP contribution in [-0.2, 0) is 6.54 Å². The Bertz CT molecular complexity index is 477. The van der Waals surface area contributed by atoms with E-state index in [2.05, 4.69) is 56.4 Å². The number of hydrogen-bond acceptors (Lipinski definition) is 4. The van der Waals surface area contributed by atoms with Crippen molar-refractivity contribution in [3.63, 3.8) is 0 Å². The van der Waals surface area contributed by atoms with Crippen LogP contribution in [0.3, 0.4) is 0 Å². The summed E-state index contributed by atoms with van der Waals surface area (Å²) < 4.78 is 5.66. The minimum absolute atomic E-state index is 0.245. The molecule has 0 radical (unpaired) electrons. The van der Waals surface area contributed by atoms with E-state index in [1.807, 2.05) is 12.1 Å². The lowest BCUT2D eigenvalue weighted by Gasteiger charge is -2.28. The third-order valence-corrected chi connectivity index (χ3v) is 3.28. The van der Waals surface area contributed by atoms with Gasteiger partial charge in [-0.1, -0.05) is 26.0 Å². The summed E-state index contributed by atoms with van der Waals surface area (Å²) in [5.74, 6) is 0.879. The second kappa shape index (κ2) is 9.45. The quantitative estimate of drug-likeness (QED) is 0.675. The molecule has 0 heterocycles. The maximum Gasteiger partial charge on any atom is 0.119 e. The fourth-order valence-corrected chi connectivity index (χ4v) is 2.54. The van der Waals surface area contributed by atoms with Crippen LogP contribution in [0.4, 0.5) is 0 Å². The summed E-state index contributed by atoms with van der Waals surface area (Å²) >= 11 is 0. The van der Waals surface area contributed by atoms with Gasteiger partial charge in [0.1, 0.15) is 5.75 Å². The molecule has 0 atom stereocenters. The Balaban J connectivity index is 2.38. The number of nitrogens with one attached hydrogen (secondary N) is 1. The zero-order valence-corrected chi connectivity index (χ0v) is 14.4. The standard InChI is InChI=1S/C18H29N3O/c1-18(2,15-21(3)4)14-20-13-16-8-7-9-17(12-16)22-11-6-5-10-19/h7-9,12,20H,5-6,11,13-15H2,1-4H3. The Labute approximate surface area is 135 Å². The number of unbranched alkanes of at least 4 members (excludes halogenated alkanes) is 1. The monoisotopic (exact) mass is 303 g/mol. The molecule has 4 nitrogen and oxygen atoms in total. The van der Waals surface area contributed by atoms with Crippen molar-refractivity contribution in [2.24, 2.45) is 5.41 Å². The van der Waals surface area contributed by atoms with Crippen LogP contribution in [-0.4, -0.2) is 38.7 Å². The van der Waals surface area contributed by atoms with E-state index >= 15 is 0 Å². The molecule has 22 heavy (non-hydrogen) atoms. The molecular formula is C18H29N3O. The van der Waals surface area contributed by atoms with Crippen LogP contribution in [0, 0.1) is 16.7 Å². The van der Waals surface area contributed by atoms with Crippen molar-refractivity contribution in [1.82, 2.24) is 10.2 Å². The molecule has 0 spiro atoms. The van der Waals surface area contributed by atoms with Gasteiger partial charge in [-0.3, -0.25) is 0 Å². The van der Waals surface area contributed by atoms with Crippen molar-refractivity contribution in [2.75, 3.05) is 33.8 Å². The zero-order valence-electron chi connectivity index (χ0n) is 14.4. The third kappa shape index (κ3) is 8.02. The molecule has 0 amide bonds. The van der Waals surface area contributed by atoms with Crippen molar-refractivity contribution in [1.29, 1.82) is 5.26 Å². The molecule has 1 N–H and O–H groups in total. The molecule has 122 valence electrons. The molecule has 0 aliphatic heterocycles. The van der Waals surface area contributed by atoms with Crippen LogP contribution in [0.1, 0.15) is 32.3 Å². The molecule has 0 unspecified atom stereocenters. The zero-order chi connectivity index (χ0) is 16.4. The molecule has 0 fully saturated rings. The van der Waals surface area contributed by atoms with Gasteiger partial charge in [0, 0.05) is 26.1 Å². The minimum Gasteiger partial charge on any atom is -0.494 e. The van der Waals surface area contributed by atoms with Gasteiger partial charge in [0.15, 0.2) is 0 Å². The highest BCUT2D eigenvalue weighted by molar-refractivity contribution is 5.28. The van der Waals surface area contributed by atoms with Gasteiger partial charge in [-0.15, -0.1) is 0 Å². The molecule has 0 aliphatic carbocycles. The Morgan fingerprint density at radius 2 is 2.09 bits per heavy atom. The van der Waals surface area contributed by atoms with Gasteiger partial charge in [-0.25, -0.2) is 0 Å². The molecule has 1 aromatic carbocycles. The average molecular weight is 303 g/mol. The summed E-state index contributed by atoms with van der Waals surface area (Å²) in [6.45, 7) is 8.01. The second-order valence-electron chi connectivity index (χ2n) is 6.76. The fourth-order valence-electron chi connectivity index (χ4n) is 2.54. The van der Waals surface area contributed by atoms with Crippen LogP contribution in [0.15, 0.2) is 24.3 Å². The molecule has 0 aromatic heterocycles. The molecule has 0 saturated heterocycles. The Kier molecular flexibility index (Phi) is 7.94. The second-order valence-corrected chi connectivity index (χ2v) is 6.76. The topological polar surface area (TPSA) is 48.3 Å². The van der Waals surface area contributed by atoms with E-state index < -0.39 is 0 Å². The summed E-state index contributed by atoms with van der Waals surface area (Å²) in [6, 6.07) is 10.3. The number of nitrogens with zero attached hydrogens (tertiary/aromatic N) is 2. The van der Waals surface area contributed by atoms with E-state index in [1.54, 1.807) is 0 Å². The summed E-state index contributed by atoms with van der Waals surface area (Å²) in [5.41, 5.74) is 1.47. The molecule has 1 aromatic rings. The first kappa shape index (κ1) is 18.5. The largest absolute Gasteiger partial charge is 0.494 e. The van der Waals surface area contributed by atoms with E-state index in [9.17, 15) is 0 Å². The smallest absolute Gasteiger partial charge is 0.119 e. The summed E-state index contributed by atoms with van der Waals surface area (Å²) in [6.07, 6.45) is 1.32. The summed E-state index contributed by atoms with van der Waals surface area (Å²) in [7, 11) is 4.21. The summed E-state index contributed by atoms with van der Waals surface area (Å²) in [4.78, 5) is 2.22. The lowest BCUT2D eigenvalue weighted by Crippen LogP contribution is -2.37. The van der Waals surface area contributed by atoms with Crippen molar-refractivity contribution < 1.29 is 4.74 Å². The molecule has 0 aliphatic rings. The van der Waals surface area contributed by atoms with E-state index in [-0.39, 0.29) is 5.41 Å². The van der Waals surface area contributed by atoms with E-state index in [0.29, 0.717) is 13.0 Å². The molecule has 1 rings (SSSR count). The van der Waals surface area contributed by atoms with Crippen LogP contribution in [0.5, 0.6) is 5.75 Å². The van der Waals surface area contributed by atoms with Gasteiger partial charge < -0.3 is 15.0 Å². The normalized spacial score (nSPS) is 11.5. The van der Waals surface area contributed by atoms with Crippen molar-refractivity contribution >= 4 is 0 Å². The van der Waals surface area contributed by atoms with Crippen LogP contribution in [0.2, 0.25) is 0 Å². The number of hydrogen-bond donors (Lipinski definition) is 1. The summed E-state index contributed by atoms with van der Waals surface area (Å²) in [5, 5.41) is 12.0. The fraction of sp³-hybridized carbons (Fsp3) is 0.611. The Morgan fingerprint density at radius 1 is 1.32 bits per heavy atom. The highest BCUT2D eigenvalue weighted by Crippen LogP contribution is 2.16. The predicted molar refractivity (Wildman–Crippen MR) is 90.8 cm³/mol. The predicted octanol–water partition coefficient (Wildman–Crippen LogP) is 3.05. The minimum atomic E-state index is 0.245. The van der Waals surface area contributed by atoms with Crippen LogP contribution < -0.4 is 10.1 Å². The first-order valence-electron chi connectivity index (χ1n) is 7.87. The Morgan fingerprint density at radius 3 is 2.77 bits per heavy atom. The maximum absolute atomic E-state index is 8.51. The van der Waals surface area contributed by atoms with Crippen LogP contribution >= 0.6 is 0 Å². The van der Waals surface area contributed by atoms with Crippen LogP contribution in [0.25, 0.3) is 0 Å². The van der Waals surface area contributed by atoms with Crippen molar-refractivity contribution in [2.45, 2.75) is 33.2 Å². The highest BCUT2D eigenvalue weighted by Gasteiger charge is 2.18. The van der Waals surface area contributed by atoms with E-state index in [0.717, 1.165) is 31.8 Å². The molecule has 4 heteroatoms. The lowest BCUT2D eigenvalue weighted by atomic mass is 9.93. The molecule has 0 bridgehead atoms. The number of benzene rings is 1. The van der Waals surface area contributed by atoms with Gasteiger partial charge in [-0.05, 0) is 43.6 Å².